The number of ether oxygens (including phenoxy) is 3. The summed E-state index contributed by atoms with van der Waals surface area (Å²) in [7, 11) is 2.99. The van der Waals surface area contributed by atoms with Crippen LogP contribution in [0.2, 0.25) is 0 Å². The number of hydrogen-bond donors (Lipinski definition) is 0. The van der Waals surface area contributed by atoms with E-state index in [2.05, 4.69) is 0 Å². The Labute approximate surface area is 139 Å². The highest BCUT2D eigenvalue weighted by atomic mass is 16.6. The minimum atomic E-state index is -0.847. The molecule has 2 aromatic rings. The lowest BCUT2D eigenvalue weighted by Crippen LogP contribution is -2.14. The van der Waals surface area contributed by atoms with E-state index in [1.807, 2.05) is 6.92 Å². The Hall–Kier alpha value is -2.76. The van der Waals surface area contributed by atoms with Crippen molar-refractivity contribution >= 4 is 5.97 Å². The fourth-order valence-electron chi connectivity index (χ4n) is 2.81. The topological polar surface area (TPSA) is 75.0 Å². The van der Waals surface area contributed by atoms with Crippen molar-refractivity contribution in [3.05, 3.63) is 57.1 Å². The van der Waals surface area contributed by atoms with Crippen LogP contribution in [0.5, 0.6) is 11.5 Å². The first kappa shape index (κ1) is 16.1. The van der Waals surface area contributed by atoms with Gasteiger partial charge in [0.05, 0.1) is 30.9 Å². The smallest absolute Gasteiger partial charge is 0.339 e. The van der Waals surface area contributed by atoms with Gasteiger partial charge in [0, 0.05) is 18.6 Å². The lowest BCUT2D eigenvalue weighted by molar-refractivity contribution is 0.0450. The van der Waals surface area contributed by atoms with E-state index >= 15 is 0 Å². The summed E-state index contributed by atoms with van der Waals surface area (Å²) in [4.78, 5) is 24.6. The number of methoxy groups -OCH3 is 2. The highest BCUT2D eigenvalue weighted by molar-refractivity contribution is 5.96. The molecule has 0 N–H and O–H groups in total. The normalized spacial score (nSPS) is 15.8. The number of esters is 1. The van der Waals surface area contributed by atoms with E-state index in [0.29, 0.717) is 34.8 Å². The van der Waals surface area contributed by atoms with Gasteiger partial charge in [-0.05, 0) is 12.5 Å². The van der Waals surface area contributed by atoms with E-state index < -0.39 is 12.1 Å². The fraction of sp³-hybridized carbons (Fsp3) is 0.333. The molecule has 2 heterocycles. The number of carbonyl (C=O) groups excluding carboxylic acids is 1. The average molecular weight is 330 g/mol. The van der Waals surface area contributed by atoms with Gasteiger partial charge in [0.25, 0.3) is 0 Å². The molecule has 0 amide bonds. The monoisotopic (exact) mass is 330 g/mol. The number of hydrogen-bond acceptors (Lipinski definition) is 6. The number of carbonyl (C=O) groups is 1. The first-order valence-corrected chi connectivity index (χ1v) is 7.67. The third-order valence-electron chi connectivity index (χ3n) is 3.97. The van der Waals surface area contributed by atoms with Gasteiger partial charge in [-0.3, -0.25) is 4.79 Å². The minimum Gasteiger partial charge on any atom is -0.497 e. The second-order valence-corrected chi connectivity index (χ2v) is 5.49. The third kappa shape index (κ3) is 2.64. The Kier molecular flexibility index (Phi) is 4.29. The molecule has 0 saturated carbocycles. The number of rotatable bonds is 5. The molecule has 1 aliphatic rings. The first-order chi connectivity index (χ1) is 11.6. The summed E-state index contributed by atoms with van der Waals surface area (Å²) < 4.78 is 21.4. The molecule has 3 rings (SSSR count). The molecule has 1 aromatic carbocycles. The maximum atomic E-state index is 12.4. The Bertz CT molecular complexity index is 836. The van der Waals surface area contributed by atoms with Crippen molar-refractivity contribution in [1.82, 2.24) is 0 Å². The van der Waals surface area contributed by atoms with Gasteiger partial charge in [0.1, 0.15) is 23.5 Å². The highest BCUT2D eigenvalue weighted by Gasteiger charge is 2.37. The molecule has 1 aromatic heterocycles. The van der Waals surface area contributed by atoms with Crippen molar-refractivity contribution in [3.63, 3.8) is 0 Å². The molecule has 6 heteroatoms. The maximum Gasteiger partial charge on any atom is 0.339 e. The Balaban J connectivity index is 2.11. The van der Waals surface area contributed by atoms with E-state index in [0.717, 1.165) is 6.42 Å². The van der Waals surface area contributed by atoms with Gasteiger partial charge in [-0.25, -0.2) is 4.79 Å². The summed E-state index contributed by atoms with van der Waals surface area (Å²) in [6.45, 7) is 2.00. The van der Waals surface area contributed by atoms with Gasteiger partial charge in [-0.2, -0.15) is 0 Å². The zero-order chi connectivity index (χ0) is 17.3. The molecule has 0 aliphatic carbocycles. The minimum absolute atomic E-state index is 0.228. The van der Waals surface area contributed by atoms with Crippen LogP contribution in [-0.2, 0) is 11.2 Å². The molecule has 0 bridgehead atoms. The van der Waals surface area contributed by atoms with Crippen molar-refractivity contribution in [3.8, 4) is 11.5 Å². The van der Waals surface area contributed by atoms with Gasteiger partial charge in [-0.15, -0.1) is 0 Å². The summed E-state index contributed by atoms with van der Waals surface area (Å²) in [6, 6.07) is 4.68. The number of cyclic esters (lactones) is 1. The fourth-order valence-corrected chi connectivity index (χ4v) is 2.81. The summed E-state index contributed by atoms with van der Waals surface area (Å²) in [5.41, 5.74) is 0.880. The van der Waals surface area contributed by atoms with Gasteiger partial charge >= 0.3 is 5.97 Å². The van der Waals surface area contributed by atoms with Crippen LogP contribution in [0.15, 0.2) is 33.7 Å². The van der Waals surface area contributed by atoms with Crippen LogP contribution in [0.3, 0.4) is 0 Å². The Morgan fingerprint density at radius 1 is 1.12 bits per heavy atom. The lowest BCUT2D eigenvalue weighted by Gasteiger charge is -2.14. The molecule has 0 radical (unpaired) electrons. The largest absolute Gasteiger partial charge is 0.497 e. The first-order valence-electron chi connectivity index (χ1n) is 7.67. The summed E-state index contributed by atoms with van der Waals surface area (Å²) in [5.74, 6) is 0.993. The number of benzene rings is 1. The summed E-state index contributed by atoms with van der Waals surface area (Å²) in [6.07, 6.45) is 2.07. The molecule has 0 saturated heterocycles. The summed E-state index contributed by atoms with van der Waals surface area (Å²) in [5, 5.41) is 0. The molecule has 1 atom stereocenters. The van der Waals surface area contributed by atoms with Crippen LogP contribution in [0.4, 0.5) is 0 Å². The standard InChI is InChI=1S/C18H18O6/c1-4-5-10-7-14(19)13(9-23-10)17-16-12(18(20)24-17)6-11(21-2)8-15(16)22-3/h6-9,17H,4-5H2,1-3H3/t17-/m1/s1. The lowest BCUT2D eigenvalue weighted by atomic mass is 9.98. The molecule has 0 spiro atoms. The van der Waals surface area contributed by atoms with E-state index in [1.165, 1.54) is 26.5 Å². The Morgan fingerprint density at radius 3 is 2.54 bits per heavy atom. The maximum absolute atomic E-state index is 12.4. The zero-order valence-corrected chi connectivity index (χ0v) is 13.8. The van der Waals surface area contributed by atoms with Crippen LogP contribution in [0.25, 0.3) is 0 Å². The molecular weight excluding hydrogens is 312 g/mol. The molecule has 6 nitrogen and oxygen atoms in total. The van der Waals surface area contributed by atoms with Crippen LogP contribution < -0.4 is 14.9 Å². The second-order valence-electron chi connectivity index (χ2n) is 5.49. The number of fused-ring (bicyclic) bond motifs is 1. The van der Waals surface area contributed by atoms with E-state index in [-0.39, 0.29) is 11.0 Å². The summed E-state index contributed by atoms with van der Waals surface area (Å²) >= 11 is 0. The SMILES string of the molecule is CCCc1cc(=O)c([C@H]2OC(=O)c3cc(OC)cc(OC)c32)co1. The van der Waals surface area contributed by atoms with Crippen LogP contribution in [0.1, 0.15) is 46.7 Å². The van der Waals surface area contributed by atoms with Crippen molar-refractivity contribution < 1.29 is 23.4 Å². The molecule has 0 fully saturated rings. The van der Waals surface area contributed by atoms with Gasteiger partial charge in [0.2, 0.25) is 0 Å². The van der Waals surface area contributed by atoms with Gasteiger partial charge in [-0.1, -0.05) is 6.92 Å². The molecule has 126 valence electrons. The highest BCUT2D eigenvalue weighted by Crippen LogP contribution is 2.42. The third-order valence-corrected chi connectivity index (χ3v) is 3.97. The zero-order valence-electron chi connectivity index (χ0n) is 13.8. The number of aryl methyl sites for hydroxylation is 1. The molecular formula is C18H18O6. The van der Waals surface area contributed by atoms with Crippen LogP contribution in [0, 0.1) is 0 Å². The van der Waals surface area contributed by atoms with E-state index in [9.17, 15) is 9.59 Å². The molecule has 1 aliphatic heterocycles. The molecule has 0 unspecified atom stereocenters. The van der Waals surface area contributed by atoms with Gasteiger partial charge < -0.3 is 18.6 Å². The second kappa shape index (κ2) is 6.39. The van der Waals surface area contributed by atoms with E-state index in [4.69, 9.17) is 18.6 Å². The van der Waals surface area contributed by atoms with Crippen LogP contribution in [-0.4, -0.2) is 20.2 Å². The van der Waals surface area contributed by atoms with Gasteiger partial charge in [0.15, 0.2) is 11.5 Å². The predicted molar refractivity (Wildman–Crippen MR) is 85.8 cm³/mol. The van der Waals surface area contributed by atoms with Crippen molar-refractivity contribution in [1.29, 1.82) is 0 Å². The quantitative estimate of drug-likeness (QED) is 0.785. The van der Waals surface area contributed by atoms with Crippen molar-refractivity contribution in [2.45, 2.75) is 25.9 Å². The van der Waals surface area contributed by atoms with Crippen LogP contribution >= 0.6 is 0 Å². The van der Waals surface area contributed by atoms with Crippen molar-refractivity contribution in [2.24, 2.45) is 0 Å². The molecule has 24 heavy (non-hydrogen) atoms. The van der Waals surface area contributed by atoms with Crippen molar-refractivity contribution in [2.75, 3.05) is 14.2 Å². The average Bonchev–Trinajstić information content (AvgIpc) is 2.91. The van der Waals surface area contributed by atoms with E-state index in [1.54, 1.807) is 12.1 Å². The predicted octanol–water partition coefficient (Wildman–Crippen LogP) is 2.87. The Morgan fingerprint density at radius 2 is 1.92 bits per heavy atom.